The number of guanidine groups is 2. The van der Waals surface area contributed by atoms with E-state index in [9.17, 15) is 4.39 Å². The van der Waals surface area contributed by atoms with Crippen LogP contribution in [0.3, 0.4) is 0 Å². The third-order valence-corrected chi connectivity index (χ3v) is 2.62. The molecule has 0 spiro atoms. The number of benzene rings is 1. The Kier molecular flexibility index (Phi) is 4.30. The summed E-state index contributed by atoms with van der Waals surface area (Å²) in [4.78, 5) is 4.65. The van der Waals surface area contributed by atoms with Gasteiger partial charge in [-0.2, -0.15) is 4.99 Å². The Morgan fingerprint density at radius 1 is 1.53 bits per heavy atom. The van der Waals surface area contributed by atoms with Gasteiger partial charge in [-0.3, -0.25) is 5.41 Å². The van der Waals surface area contributed by atoms with E-state index in [0.717, 1.165) is 4.90 Å². The van der Waals surface area contributed by atoms with Crippen LogP contribution in [-0.2, 0) is 0 Å². The van der Waals surface area contributed by atoms with Crippen molar-refractivity contribution in [2.24, 2.45) is 16.5 Å². The van der Waals surface area contributed by atoms with Crippen molar-refractivity contribution in [2.75, 3.05) is 11.9 Å². The summed E-state index contributed by atoms with van der Waals surface area (Å²) in [5, 5.41) is 7.70. The number of nitrogens with zero attached hydrogens (tertiary/aromatic N) is 2. The summed E-state index contributed by atoms with van der Waals surface area (Å²) in [6.45, 7) is 0. The van der Waals surface area contributed by atoms with E-state index >= 15 is 0 Å². The largest absolute Gasteiger partial charge is 0.370 e. The average molecular weight is 323 g/mol. The fourth-order valence-corrected chi connectivity index (χ4v) is 2.05. The van der Waals surface area contributed by atoms with E-state index in [1.807, 2.05) is 0 Å². The van der Waals surface area contributed by atoms with Gasteiger partial charge in [-0.1, -0.05) is 27.5 Å². The first kappa shape index (κ1) is 13.7. The van der Waals surface area contributed by atoms with Crippen molar-refractivity contribution in [3.63, 3.8) is 0 Å². The molecule has 1 aromatic rings. The molecule has 0 unspecified atom stereocenters. The van der Waals surface area contributed by atoms with Crippen molar-refractivity contribution < 1.29 is 4.39 Å². The molecular weight excluding hydrogens is 312 g/mol. The molecule has 0 aromatic heterocycles. The zero-order valence-corrected chi connectivity index (χ0v) is 11.2. The van der Waals surface area contributed by atoms with Crippen molar-refractivity contribution in [3.05, 3.63) is 27.4 Å². The molecule has 0 saturated heterocycles. The van der Waals surface area contributed by atoms with Crippen molar-refractivity contribution in [1.82, 2.24) is 0 Å². The SMILES string of the molecule is CN(C(=N)N=C(N)N)c1c(F)cc(Br)cc1Cl. The summed E-state index contributed by atoms with van der Waals surface area (Å²) in [5.74, 6) is -1.17. The molecule has 0 amide bonds. The standard InChI is InChI=1S/C9H10BrClFN5/c1-17(9(15)16-8(13)14)7-5(11)2-4(10)3-6(7)12/h2-3H,1H3,(H5,13,14,15,16). The quantitative estimate of drug-likeness (QED) is 0.544. The number of nitrogens with two attached hydrogens (primary N) is 2. The van der Waals surface area contributed by atoms with Crippen LogP contribution in [0.5, 0.6) is 0 Å². The maximum Gasteiger partial charge on any atom is 0.225 e. The second kappa shape index (κ2) is 5.33. The van der Waals surface area contributed by atoms with Crippen LogP contribution in [-0.4, -0.2) is 19.0 Å². The van der Waals surface area contributed by atoms with E-state index in [1.54, 1.807) is 0 Å². The molecule has 5 N–H and O–H groups in total. The van der Waals surface area contributed by atoms with Gasteiger partial charge in [0.05, 0.1) is 10.7 Å². The summed E-state index contributed by atoms with van der Waals surface area (Å²) >= 11 is 9.00. The predicted octanol–water partition coefficient (Wildman–Crippen LogP) is 1.89. The first-order valence-corrected chi connectivity index (χ1v) is 5.56. The number of aliphatic imine (C=N–C) groups is 1. The summed E-state index contributed by atoms with van der Waals surface area (Å²) < 4.78 is 14.2. The minimum Gasteiger partial charge on any atom is -0.370 e. The zero-order chi connectivity index (χ0) is 13.2. The minimum absolute atomic E-state index is 0.0323. The van der Waals surface area contributed by atoms with Gasteiger partial charge in [0.2, 0.25) is 5.96 Å². The number of hydrogen-bond acceptors (Lipinski definition) is 1. The highest BCUT2D eigenvalue weighted by molar-refractivity contribution is 9.10. The monoisotopic (exact) mass is 321 g/mol. The maximum absolute atomic E-state index is 13.7. The molecular formula is C9H10BrClFN5. The number of nitrogens with one attached hydrogen (secondary N) is 1. The molecule has 0 saturated carbocycles. The van der Waals surface area contributed by atoms with Crippen LogP contribution in [0.25, 0.3) is 0 Å². The van der Waals surface area contributed by atoms with Crippen LogP contribution in [0.15, 0.2) is 21.6 Å². The second-order valence-electron chi connectivity index (χ2n) is 3.14. The molecule has 1 aromatic carbocycles. The Morgan fingerprint density at radius 2 is 2.12 bits per heavy atom. The average Bonchev–Trinajstić information content (AvgIpc) is 2.14. The second-order valence-corrected chi connectivity index (χ2v) is 4.46. The Morgan fingerprint density at radius 3 is 2.59 bits per heavy atom. The molecule has 0 aliphatic heterocycles. The topological polar surface area (TPSA) is 91.5 Å². The maximum atomic E-state index is 13.7. The molecule has 92 valence electrons. The van der Waals surface area contributed by atoms with Crippen LogP contribution >= 0.6 is 27.5 Å². The Labute approximate surface area is 111 Å². The molecule has 0 aliphatic rings. The molecule has 0 heterocycles. The number of hydrogen-bond donors (Lipinski definition) is 3. The van der Waals surface area contributed by atoms with E-state index in [2.05, 4.69) is 20.9 Å². The van der Waals surface area contributed by atoms with Crippen molar-refractivity contribution in [3.8, 4) is 0 Å². The van der Waals surface area contributed by atoms with Crippen molar-refractivity contribution in [2.45, 2.75) is 0 Å². The first-order chi connectivity index (χ1) is 7.82. The van der Waals surface area contributed by atoms with Gasteiger partial charge in [-0.25, -0.2) is 4.39 Å². The molecule has 5 nitrogen and oxygen atoms in total. The third-order valence-electron chi connectivity index (χ3n) is 1.87. The van der Waals surface area contributed by atoms with Gasteiger partial charge in [0.1, 0.15) is 5.82 Å². The highest BCUT2D eigenvalue weighted by atomic mass is 79.9. The fourth-order valence-electron chi connectivity index (χ4n) is 1.16. The molecule has 0 atom stereocenters. The summed E-state index contributed by atoms with van der Waals surface area (Å²) in [6.07, 6.45) is 0. The van der Waals surface area contributed by atoms with Crippen molar-refractivity contribution in [1.29, 1.82) is 5.41 Å². The Balaban J connectivity index is 3.17. The first-order valence-electron chi connectivity index (χ1n) is 4.39. The van der Waals surface area contributed by atoms with Gasteiger partial charge in [0, 0.05) is 11.5 Å². The zero-order valence-electron chi connectivity index (χ0n) is 8.84. The Hall–Kier alpha value is -1.34. The lowest BCUT2D eigenvalue weighted by Gasteiger charge is -2.19. The summed E-state index contributed by atoms with van der Waals surface area (Å²) in [7, 11) is 1.44. The van der Waals surface area contributed by atoms with Gasteiger partial charge >= 0.3 is 0 Å². The third kappa shape index (κ3) is 3.31. The number of halogens is 3. The van der Waals surface area contributed by atoms with E-state index in [1.165, 1.54) is 19.2 Å². The predicted molar refractivity (Wildman–Crippen MR) is 71.0 cm³/mol. The van der Waals surface area contributed by atoms with E-state index < -0.39 is 5.82 Å². The molecule has 0 bridgehead atoms. The smallest absolute Gasteiger partial charge is 0.225 e. The normalized spacial score (nSPS) is 9.88. The fraction of sp³-hybridized carbons (Fsp3) is 0.111. The lowest BCUT2D eigenvalue weighted by Crippen LogP contribution is -2.31. The molecule has 0 aliphatic carbocycles. The molecule has 17 heavy (non-hydrogen) atoms. The van der Waals surface area contributed by atoms with Crippen LogP contribution in [0.4, 0.5) is 10.1 Å². The molecule has 8 heteroatoms. The summed E-state index contributed by atoms with van der Waals surface area (Å²) in [5.41, 5.74) is 10.3. The molecule has 0 radical (unpaired) electrons. The van der Waals surface area contributed by atoms with Crippen LogP contribution < -0.4 is 16.4 Å². The van der Waals surface area contributed by atoms with Gasteiger partial charge in [0.15, 0.2) is 5.96 Å². The highest BCUT2D eigenvalue weighted by Gasteiger charge is 2.16. The van der Waals surface area contributed by atoms with E-state index in [4.69, 9.17) is 28.5 Å². The lowest BCUT2D eigenvalue weighted by atomic mass is 10.3. The van der Waals surface area contributed by atoms with E-state index in [-0.39, 0.29) is 22.6 Å². The minimum atomic E-state index is -0.581. The lowest BCUT2D eigenvalue weighted by molar-refractivity contribution is 0.627. The van der Waals surface area contributed by atoms with Crippen LogP contribution in [0.1, 0.15) is 0 Å². The Bertz CT molecular complexity index is 463. The van der Waals surface area contributed by atoms with Gasteiger partial charge in [-0.05, 0) is 12.1 Å². The van der Waals surface area contributed by atoms with E-state index in [0.29, 0.717) is 4.47 Å². The molecule has 1 rings (SSSR count). The number of anilines is 1. The van der Waals surface area contributed by atoms with Crippen LogP contribution in [0.2, 0.25) is 5.02 Å². The van der Waals surface area contributed by atoms with Gasteiger partial charge < -0.3 is 16.4 Å². The van der Waals surface area contributed by atoms with Gasteiger partial charge in [0.25, 0.3) is 0 Å². The summed E-state index contributed by atoms with van der Waals surface area (Å²) in [6, 6.07) is 2.75. The number of rotatable bonds is 1. The van der Waals surface area contributed by atoms with Crippen molar-refractivity contribution >= 4 is 45.1 Å². The van der Waals surface area contributed by atoms with Gasteiger partial charge in [-0.15, -0.1) is 0 Å². The van der Waals surface area contributed by atoms with Crippen LogP contribution in [0, 0.1) is 11.2 Å². The highest BCUT2D eigenvalue weighted by Crippen LogP contribution is 2.31. The molecule has 0 fully saturated rings.